The molecule has 0 saturated heterocycles. The highest BCUT2D eigenvalue weighted by Crippen LogP contribution is 2.33. The van der Waals surface area contributed by atoms with Gasteiger partial charge in [-0.2, -0.15) is 5.10 Å². The Morgan fingerprint density at radius 1 is 1.11 bits per heavy atom. The van der Waals surface area contributed by atoms with E-state index in [-0.39, 0.29) is 11.9 Å². The van der Waals surface area contributed by atoms with Gasteiger partial charge in [0.1, 0.15) is 0 Å². The van der Waals surface area contributed by atoms with E-state index in [9.17, 15) is 4.79 Å². The zero-order chi connectivity index (χ0) is 19.0. The van der Waals surface area contributed by atoms with Gasteiger partial charge in [-0.1, -0.05) is 30.3 Å². The van der Waals surface area contributed by atoms with Gasteiger partial charge < -0.3 is 9.47 Å². The number of carbonyl (C=O) groups excluding carboxylic acids is 1. The zero-order valence-electron chi connectivity index (χ0n) is 16.2. The SMILES string of the molecule is Cc1nn(C)c(C)c1CCC(=O)N1CCn2cccc2C1c1ccccc1. The lowest BCUT2D eigenvalue weighted by molar-refractivity contribution is -0.133. The monoisotopic (exact) mass is 362 g/mol. The number of fused-ring (bicyclic) bond motifs is 1. The molecule has 0 radical (unpaired) electrons. The maximum atomic E-state index is 13.2. The van der Waals surface area contributed by atoms with Crippen molar-refractivity contribution in [2.75, 3.05) is 6.54 Å². The van der Waals surface area contributed by atoms with Crippen LogP contribution in [0.15, 0.2) is 48.7 Å². The highest BCUT2D eigenvalue weighted by Gasteiger charge is 2.31. The Morgan fingerprint density at radius 2 is 1.89 bits per heavy atom. The quantitative estimate of drug-likeness (QED) is 0.714. The Labute approximate surface area is 160 Å². The maximum absolute atomic E-state index is 13.2. The smallest absolute Gasteiger partial charge is 0.223 e. The van der Waals surface area contributed by atoms with Crippen LogP contribution in [0.5, 0.6) is 0 Å². The van der Waals surface area contributed by atoms with Crippen molar-refractivity contribution in [1.82, 2.24) is 19.2 Å². The molecule has 1 aliphatic rings. The summed E-state index contributed by atoms with van der Waals surface area (Å²) in [5, 5.41) is 4.47. The van der Waals surface area contributed by atoms with Crippen molar-refractivity contribution in [3.63, 3.8) is 0 Å². The molecule has 1 aliphatic heterocycles. The van der Waals surface area contributed by atoms with Crippen LogP contribution in [0.2, 0.25) is 0 Å². The summed E-state index contributed by atoms with van der Waals surface area (Å²) in [5.74, 6) is 0.207. The van der Waals surface area contributed by atoms with Crippen molar-refractivity contribution in [2.45, 2.75) is 39.3 Å². The van der Waals surface area contributed by atoms with Crippen LogP contribution in [-0.4, -0.2) is 31.7 Å². The Morgan fingerprint density at radius 3 is 2.59 bits per heavy atom. The number of nitrogens with zero attached hydrogens (tertiary/aromatic N) is 4. The molecule has 4 rings (SSSR count). The Balaban J connectivity index is 1.59. The Hall–Kier alpha value is -2.82. The first kappa shape index (κ1) is 17.6. The summed E-state index contributed by atoms with van der Waals surface area (Å²) in [6.45, 7) is 5.68. The molecule has 0 aliphatic carbocycles. The number of aryl methyl sites for hydroxylation is 2. The molecule has 1 aromatic carbocycles. The van der Waals surface area contributed by atoms with Crippen molar-refractivity contribution >= 4 is 5.91 Å². The average Bonchev–Trinajstić information content (AvgIpc) is 3.24. The van der Waals surface area contributed by atoms with E-state index in [2.05, 4.69) is 47.1 Å². The van der Waals surface area contributed by atoms with Gasteiger partial charge in [-0.3, -0.25) is 9.48 Å². The number of hydrogen-bond acceptors (Lipinski definition) is 2. The summed E-state index contributed by atoms with van der Waals surface area (Å²) in [6.07, 6.45) is 3.36. The standard InChI is InChI=1S/C22H26N4O/c1-16-19(17(2)24(3)23-16)11-12-21(27)26-15-14-25-13-7-10-20(25)22(26)18-8-5-4-6-9-18/h4-10,13,22H,11-12,14-15H2,1-3H3. The number of benzene rings is 1. The van der Waals surface area contributed by atoms with Crippen LogP contribution in [0, 0.1) is 13.8 Å². The van der Waals surface area contributed by atoms with Gasteiger partial charge in [0.25, 0.3) is 0 Å². The summed E-state index contributed by atoms with van der Waals surface area (Å²) >= 11 is 0. The van der Waals surface area contributed by atoms with Gasteiger partial charge in [0.05, 0.1) is 11.7 Å². The Kier molecular flexibility index (Phi) is 4.60. The molecule has 5 nitrogen and oxygen atoms in total. The number of aromatic nitrogens is 3. The predicted octanol–water partition coefficient (Wildman–Crippen LogP) is 3.40. The minimum Gasteiger partial charge on any atom is -0.348 e. The molecule has 1 atom stereocenters. The van der Waals surface area contributed by atoms with Crippen LogP contribution in [0.25, 0.3) is 0 Å². The molecule has 3 heterocycles. The van der Waals surface area contributed by atoms with E-state index in [1.54, 1.807) is 0 Å². The minimum absolute atomic E-state index is 0.0152. The van der Waals surface area contributed by atoms with Crippen LogP contribution in [0.4, 0.5) is 0 Å². The summed E-state index contributed by atoms with van der Waals surface area (Å²) in [4.78, 5) is 15.3. The molecular weight excluding hydrogens is 336 g/mol. The first-order valence-electron chi connectivity index (χ1n) is 9.55. The van der Waals surface area contributed by atoms with Gasteiger partial charge >= 0.3 is 0 Å². The van der Waals surface area contributed by atoms with E-state index in [4.69, 9.17) is 0 Å². The van der Waals surface area contributed by atoms with E-state index in [0.717, 1.165) is 30.9 Å². The second kappa shape index (κ2) is 7.06. The fourth-order valence-electron chi connectivity index (χ4n) is 4.19. The van der Waals surface area contributed by atoms with E-state index < -0.39 is 0 Å². The molecule has 5 heteroatoms. The van der Waals surface area contributed by atoms with E-state index >= 15 is 0 Å². The topological polar surface area (TPSA) is 43.1 Å². The zero-order valence-corrected chi connectivity index (χ0v) is 16.2. The lowest BCUT2D eigenvalue weighted by Gasteiger charge is -2.37. The van der Waals surface area contributed by atoms with Crippen molar-refractivity contribution in [1.29, 1.82) is 0 Å². The molecule has 2 aromatic heterocycles. The van der Waals surface area contributed by atoms with Gasteiger partial charge in [-0.25, -0.2) is 0 Å². The third kappa shape index (κ3) is 3.18. The first-order valence-corrected chi connectivity index (χ1v) is 9.55. The lowest BCUT2D eigenvalue weighted by Crippen LogP contribution is -2.42. The molecule has 0 saturated carbocycles. The molecule has 3 aromatic rings. The summed E-state index contributed by atoms with van der Waals surface area (Å²) < 4.78 is 4.16. The van der Waals surface area contributed by atoms with Gasteiger partial charge in [0.2, 0.25) is 5.91 Å². The first-order chi connectivity index (χ1) is 13.1. The average molecular weight is 362 g/mol. The lowest BCUT2D eigenvalue weighted by atomic mass is 9.99. The van der Waals surface area contributed by atoms with Crippen molar-refractivity contribution in [2.24, 2.45) is 7.05 Å². The second-order valence-corrected chi connectivity index (χ2v) is 7.30. The third-order valence-corrected chi connectivity index (χ3v) is 5.72. The summed E-state index contributed by atoms with van der Waals surface area (Å²) in [7, 11) is 1.96. The van der Waals surface area contributed by atoms with E-state index in [0.29, 0.717) is 6.42 Å². The second-order valence-electron chi connectivity index (χ2n) is 7.30. The Bertz CT molecular complexity index is 954. The molecule has 0 spiro atoms. The van der Waals surface area contributed by atoms with Gasteiger partial charge in [0.15, 0.2) is 0 Å². The molecule has 1 unspecified atom stereocenters. The van der Waals surface area contributed by atoms with Crippen LogP contribution in [0.1, 0.15) is 40.7 Å². The fourth-order valence-corrected chi connectivity index (χ4v) is 4.19. The van der Waals surface area contributed by atoms with Crippen molar-refractivity contribution < 1.29 is 4.79 Å². The molecule has 0 N–H and O–H groups in total. The highest BCUT2D eigenvalue weighted by atomic mass is 16.2. The highest BCUT2D eigenvalue weighted by molar-refractivity contribution is 5.77. The van der Waals surface area contributed by atoms with Crippen LogP contribution in [0.3, 0.4) is 0 Å². The van der Waals surface area contributed by atoms with Crippen LogP contribution in [-0.2, 0) is 24.8 Å². The van der Waals surface area contributed by atoms with Gasteiger partial charge in [-0.15, -0.1) is 0 Å². The number of carbonyl (C=O) groups is 1. The number of amides is 1. The molecule has 27 heavy (non-hydrogen) atoms. The maximum Gasteiger partial charge on any atom is 0.223 e. The number of rotatable bonds is 4. The summed E-state index contributed by atoms with van der Waals surface area (Å²) in [6, 6.07) is 14.5. The molecular formula is C22H26N4O. The van der Waals surface area contributed by atoms with Crippen molar-refractivity contribution in [3.8, 4) is 0 Å². The summed E-state index contributed by atoms with van der Waals surface area (Å²) in [5.41, 5.74) is 5.72. The van der Waals surface area contributed by atoms with Gasteiger partial charge in [-0.05, 0) is 43.5 Å². The molecule has 0 fully saturated rings. The molecule has 140 valence electrons. The number of hydrogen-bond donors (Lipinski definition) is 0. The minimum atomic E-state index is -0.0152. The van der Waals surface area contributed by atoms with Gasteiger partial charge in [0, 0.05) is 44.1 Å². The van der Waals surface area contributed by atoms with E-state index in [1.807, 2.05) is 41.8 Å². The van der Waals surface area contributed by atoms with Crippen LogP contribution < -0.4 is 0 Å². The fraction of sp³-hybridized carbons (Fsp3) is 0.364. The van der Waals surface area contributed by atoms with Crippen molar-refractivity contribution in [3.05, 3.63) is 76.9 Å². The molecule has 0 bridgehead atoms. The third-order valence-electron chi connectivity index (χ3n) is 5.72. The normalized spacial score (nSPS) is 16.4. The largest absolute Gasteiger partial charge is 0.348 e. The predicted molar refractivity (Wildman–Crippen MR) is 105 cm³/mol. The van der Waals surface area contributed by atoms with E-state index in [1.165, 1.54) is 16.8 Å². The van der Waals surface area contributed by atoms with Crippen LogP contribution >= 0.6 is 0 Å². The molecule has 1 amide bonds.